The SMILES string of the molecule is Cc1nc(-c2cnc(CCN)nn2)n[nH]1. The number of nitrogens with two attached hydrogens (primary N) is 1. The molecule has 0 atom stereocenters. The first-order chi connectivity index (χ1) is 7.29. The Hall–Kier alpha value is -1.89. The molecule has 0 aromatic carbocycles. The third-order valence-electron chi connectivity index (χ3n) is 1.80. The van der Waals surface area contributed by atoms with Crippen LogP contribution in [0.2, 0.25) is 0 Å². The molecule has 0 saturated heterocycles. The second-order valence-corrected chi connectivity index (χ2v) is 3.04. The third-order valence-corrected chi connectivity index (χ3v) is 1.80. The largest absolute Gasteiger partial charge is 0.330 e. The first kappa shape index (κ1) is 9.66. The van der Waals surface area contributed by atoms with E-state index in [4.69, 9.17) is 5.73 Å². The van der Waals surface area contributed by atoms with Gasteiger partial charge in [0.05, 0.1) is 6.20 Å². The highest BCUT2D eigenvalue weighted by molar-refractivity contribution is 5.45. The second-order valence-electron chi connectivity index (χ2n) is 3.04. The minimum absolute atomic E-state index is 0.506. The number of aryl methyl sites for hydroxylation is 1. The van der Waals surface area contributed by atoms with Crippen LogP contribution < -0.4 is 5.73 Å². The molecular formula is C8H11N7. The Labute approximate surface area is 86.2 Å². The summed E-state index contributed by atoms with van der Waals surface area (Å²) >= 11 is 0. The first-order valence-corrected chi connectivity index (χ1v) is 4.57. The Bertz CT molecular complexity index is 433. The minimum atomic E-state index is 0.506. The summed E-state index contributed by atoms with van der Waals surface area (Å²) in [7, 11) is 0. The Morgan fingerprint density at radius 3 is 2.80 bits per heavy atom. The van der Waals surface area contributed by atoms with Crippen LogP contribution in [0.15, 0.2) is 6.20 Å². The predicted octanol–water partition coefficient (Wildman–Crippen LogP) is -0.534. The van der Waals surface area contributed by atoms with Crippen molar-refractivity contribution < 1.29 is 0 Å². The fourth-order valence-corrected chi connectivity index (χ4v) is 1.10. The lowest BCUT2D eigenvalue weighted by Crippen LogP contribution is -2.07. The van der Waals surface area contributed by atoms with Crippen LogP contribution in [0.1, 0.15) is 11.6 Å². The van der Waals surface area contributed by atoms with Gasteiger partial charge in [0, 0.05) is 6.42 Å². The van der Waals surface area contributed by atoms with Crippen molar-refractivity contribution in [1.29, 1.82) is 0 Å². The molecule has 7 heteroatoms. The van der Waals surface area contributed by atoms with Crippen molar-refractivity contribution in [2.24, 2.45) is 5.73 Å². The fourth-order valence-electron chi connectivity index (χ4n) is 1.10. The molecular weight excluding hydrogens is 194 g/mol. The Morgan fingerprint density at radius 2 is 2.27 bits per heavy atom. The van der Waals surface area contributed by atoms with E-state index in [-0.39, 0.29) is 0 Å². The van der Waals surface area contributed by atoms with Crippen molar-refractivity contribution in [2.75, 3.05) is 6.54 Å². The fraction of sp³-hybridized carbons (Fsp3) is 0.375. The molecule has 2 aromatic rings. The monoisotopic (exact) mass is 205 g/mol. The van der Waals surface area contributed by atoms with Crippen molar-refractivity contribution in [3.63, 3.8) is 0 Å². The molecule has 0 amide bonds. The van der Waals surface area contributed by atoms with Gasteiger partial charge < -0.3 is 5.73 Å². The molecule has 0 radical (unpaired) electrons. The first-order valence-electron chi connectivity index (χ1n) is 4.57. The standard InChI is InChI=1S/C8H11N7/c1-5-11-8(15-12-5)6-4-10-7(2-3-9)14-13-6/h4H,2-3,9H2,1H3,(H,11,12,15). The molecule has 0 unspecified atom stereocenters. The van der Waals surface area contributed by atoms with Gasteiger partial charge in [-0.3, -0.25) is 5.10 Å². The van der Waals surface area contributed by atoms with E-state index < -0.39 is 0 Å². The topological polar surface area (TPSA) is 106 Å². The molecule has 0 aliphatic rings. The molecule has 78 valence electrons. The predicted molar refractivity (Wildman–Crippen MR) is 52.7 cm³/mol. The van der Waals surface area contributed by atoms with Gasteiger partial charge >= 0.3 is 0 Å². The van der Waals surface area contributed by atoms with Crippen LogP contribution in [0.25, 0.3) is 11.5 Å². The quantitative estimate of drug-likeness (QED) is 0.697. The van der Waals surface area contributed by atoms with Crippen LogP contribution in [-0.2, 0) is 6.42 Å². The van der Waals surface area contributed by atoms with E-state index >= 15 is 0 Å². The number of hydrogen-bond donors (Lipinski definition) is 2. The van der Waals surface area contributed by atoms with Gasteiger partial charge in [-0.2, -0.15) is 5.10 Å². The molecule has 3 N–H and O–H groups in total. The normalized spacial score (nSPS) is 10.5. The van der Waals surface area contributed by atoms with E-state index in [2.05, 4.69) is 30.4 Å². The van der Waals surface area contributed by atoms with Crippen LogP contribution >= 0.6 is 0 Å². The lowest BCUT2D eigenvalue weighted by atomic mass is 10.4. The van der Waals surface area contributed by atoms with E-state index in [1.165, 1.54) is 0 Å². The second kappa shape index (κ2) is 4.09. The number of rotatable bonds is 3. The Balaban J connectivity index is 2.23. The molecule has 2 heterocycles. The van der Waals surface area contributed by atoms with E-state index in [9.17, 15) is 0 Å². The van der Waals surface area contributed by atoms with Crippen molar-refractivity contribution in [2.45, 2.75) is 13.3 Å². The number of nitrogens with zero attached hydrogens (tertiary/aromatic N) is 5. The zero-order chi connectivity index (χ0) is 10.7. The third kappa shape index (κ3) is 2.13. The highest BCUT2D eigenvalue weighted by atomic mass is 15.2. The summed E-state index contributed by atoms with van der Waals surface area (Å²) in [4.78, 5) is 8.23. The van der Waals surface area contributed by atoms with Crippen LogP contribution in [0.4, 0.5) is 0 Å². The molecule has 0 saturated carbocycles. The van der Waals surface area contributed by atoms with E-state index in [0.29, 0.717) is 30.3 Å². The van der Waals surface area contributed by atoms with Crippen molar-refractivity contribution in [3.05, 3.63) is 17.8 Å². The number of aromatic amines is 1. The van der Waals surface area contributed by atoms with Crippen LogP contribution in [0, 0.1) is 6.92 Å². The van der Waals surface area contributed by atoms with Gasteiger partial charge in [0.25, 0.3) is 0 Å². The summed E-state index contributed by atoms with van der Waals surface area (Å²) in [5.41, 5.74) is 5.93. The summed E-state index contributed by atoms with van der Waals surface area (Å²) in [6, 6.07) is 0. The highest BCUT2D eigenvalue weighted by Crippen LogP contribution is 2.07. The number of H-pyrrole nitrogens is 1. The average Bonchev–Trinajstić information content (AvgIpc) is 2.67. The molecule has 2 aromatic heterocycles. The van der Waals surface area contributed by atoms with Crippen molar-refractivity contribution >= 4 is 0 Å². The number of aromatic nitrogens is 6. The van der Waals surface area contributed by atoms with Crippen LogP contribution in [-0.4, -0.2) is 36.9 Å². The maximum absolute atomic E-state index is 5.38. The lowest BCUT2D eigenvalue weighted by Gasteiger charge is -1.96. The number of hydrogen-bond acceptors (Lipinski definition) is 6. The zero-order valence-corrected chi connectivity index (χ0v) is 8.30. The van der Waals surface area contributed by atoms with Gasteiger partial charge in [0.2, 0.25) is 5.82 Å². The van der Waals surface area contributed by atoms with Gasteiger partial charge in [-0.25, -0.2) is 9.97 Å². The van der Waals surface area contributed by atoms with Gasteiger partial charge in [0.15, 0.2) is 11.5 Å². The lowest BCUT2D eigenvalue weighted by molar-refractivity contribution is 0.810. The average molecular weight is 205 g/mol. The smallest absolute Gasteiger partial charge is 0.203 e. The Kier molecular flexibility index (Phi) is 2.64. The summed E-state index contributed by atoms with van der Waals surface area (Å²) < 4.78 is 0. The molecule has 0 bridgehead atoms. The van der Waals surface area contributed by atoms with E-state index in [1.54, 1.807) is 6.20 Å². The van der Waals surface area contributed by atoms with E-state index in [0.717, 1.165) is 5.82 Å². The van der Waals surface area contributed by atoms with Gasteiger partial charge in [0.1, 0.15) is 5.82 Å². The molecule has 0 aliphatic carbocycles. The Morgan fingerprint density at radius 1 is 1.40 bits per heavy atom. The molecule has 0 spiro atoms. The van der Waals surface area contributed by atoms with Crippen molar-refractivity contribution in [1.82, 2.24) is 30.4 Å². The molecule has 7 nitrogen and oxygen atoms in total. The van der Waals surface area contributed by atoms with Gasteiger partial charge in [-0.05, 0) is 13.5 Å². The van der Waals surface area contributed by atoms with Crippen molar-refractivity contribution in [3.8, 4) is 11.5 Å². The summed E-state index contributed by atoms with van der Waals surface area (Å²) in [6.07, 6.45) is 2.22. The summed E-state index contributed by atoms with van der Waals surface area (Å²) in [5, 5.41) is 14.6. The van der Waals surface area contributed by atoms with Gasteiger partial charge in [-0.1, -0.05) is 0 Å². The van der Waals surface area contributed by atoms with Crippen LogP contribution in [0.5, 0.6) is 0 Å². The molecule has 0 fully saturated rings. The molecule has 15 heavy (non-hydrogen) atoms. The zero-order valence-electron chi connectivity index (χ0n) is 8.30. The van der Waals surface area contributed by atoms with Crippen LogP contribution in [0.3, 0.4) is 0 Å². The highest BCUT2D eigenvalue weighted by Gasteiger charge is 2.06. The maximum Gasteiger partial charge on any atom is 0.203 e. The minimum Gasteiger partial charge on any atom is -0.330 e. The van der Waals surface area contributed by atoms with Gasteiger partial charge in [-0.15, -0.1) is 10.2 Å². The summed E-state index contributed by atoms with van der Waals surface area (Å²) in [5.74, 6) is 1.87. The number of nitrogens with one attached hydrogen (secondary N) is 1. The molecule has 0 aliphatic heterocycles. The van der Waals surface area contributed by atoms with E-state index in [1.807, 2.05) is 6.92 Å². The summed E-state index contributed by atoms with van der Waals surface area (Å²) in [6.45, 7) is 2.33. The molecule has 2 rings (SSSR count). The maximum atomic E-state index is 5.38.